The number of allylic oxidation sites excluding steroid dienone is 1. The van der Waals surface area contributed by atoms with Gasteiger partial charge in [-0.25, -0.2) is 4.98 Å². The molecule has 2 heterocycles. The quantitative estimate of drug-likeness (QED) is 0.811. The molecule has 1 aliphatic heterocycles. The molecular formula is C19H19F2N3O3. The third-order valence-corrected chi connectivity index (χ3v) is 5.09. The normalized spacial score (nSPS) is 24.1. The number of halogens is 2. The first-order valence-electron chi connectivity index (χ1n) is 8.54. The zero-order chi connectivity index (χ0) is 19.8. The average molecular weight is 375 g/mol. The summed E-state index contributed by atoms with van der Waals surface area (Å²) in [6.45, 7) is 1.53. The number of rotatable bonds is 3. The van der Waals surface area contributed by atoms with E-state index in [2.05, 4.69) is 9.72 Å². The number of hydrogen-bond acceptors (Lipinski definition) is 5. The first kappa shape index (κ1) is 19.0. The van der Waals surface area contributed by atoms with E-state index in [1.54, 1.807) is 11.0 Å². The predicted molar refractivity (Wildman–Crippen MR) is 90.9 cm³/mol. The van der Waals surface area contributed by atoms with Gasteiger partial charge in [0.05, 0.1) is 11.1 Å². The fourth-order valence-corrected chi connectivity index (χ4v) is 4.01. The lowest BCUT2D eigenvalue weighted by Gasteiger charge is -2.38. The molecule has 6 nitrogen and oxygen atoms in total. The monoisotopic (exact) mass is 375 g/mol. The van der Waals surface area contributed by atoms with Gasteiger partial charge in [-0.2, -0.15) is 14.0 Å². The Bertz CT molecular complexity index is 843. The van der Waals surface area contributed by atoms with Crippen molar-refractivity contribution in [1.29, 1.82) is 5.26 Å². The Kier molecular flexibility index (Phi) is 4.72. The van der Waals surface area contributed by atoms with Crippen LogP contribution in [0.2, 0.25) is 0 Å². The van der Waals surface area contributed by atoms with Crippen LogP contribution in [0.25, 0.3) is 0 Å². The number of nitrogens with zero attached hydrogens (tertiary/aromatic N) is 3. The summed E-state index contributed by atoms with van der Waals surface area (Å²) in [5.41, 5.74) is -0.654. The summed E-state index contributed by atoms with van der Waals surface area (Å²) in [7, 11) is 0. The van der Waals surface area contributed by atoms with Crippen molar-refractivity contribution in [3.8, 4) is 11.9 Å². The summed E-state index contributed by atoms with van der Waals surface area (Å²) in [5, 5.41) is 9.29. The van der Waals surface area contributed by atoms with Crippen molar-refractivity contribution in [3.05, 3.63) is 35.5 Å². The number of carbonyl (C=O) groups is 2. The van der Waals surface area contributed by atoms with Crippen molar-refractivity contribution >= 4 is 11.7 Å². The maximum atomic E-state index is 12.7. The number of likely N-dealkylation sites (tertiary alicyclic amines) is 1. The summed E-state index contributed by atoms with van der Waals surface area (Å²) in [6.07, 6.45) is 4.13. The molecule has 27 heavy (non-hydrogen) atoms. The van der Waals surface area contributed by atoms with Crippen LogP contribution in [-0.4, -0.2) is 41.3 Å². The molecule has 0 unspecified atom stereocenters. The van der Waals surface area contributed by atoms with Crippen LogP contribution in [0.5, 0.6) is 5.88 Å². The minimum Gasteiger partial charge on any atom is -0.417 e. The van der Waals surface area contributed by atoms with Crippen LogP contribution in [0.1, 0.15) is 37.0 Å². The number of nitriles is 1. The highest BCUT2D eigenvalue weighted by Gasteiger charge is 2.48. The Labute approximate surface area is 155 Å². The molecule has 1 aliphatic carbocycles. The molecule has 0 saturated carbocycles. The lowest BCUT2D eigenvalue weighted by atomic mass is 9.64. The molecule has 1 amide bonds. The molecular weight excluding hydrogens is 356 g/mol. The zero-order valence-corrected chi connectivity index (χ0v) is 15.0. The van der Waals surface area contributed by atoms with Gasteiger partial charge in [-0.15, -0.1) is 0 Å². The molecule has 0 bridgehead atoms. The molecule has 1 spiro atoms. The number of carbonyl (C=O) groups excluding carboxylic acids is 2. The molecule has 1 aromatic heterocycles. The van der Waals surface area contributed by atoms with Crippen LogP contribution in [-0.2, 0) is 4.79 Å². The molecule has 0 radical (unpaired) electrons. The smallest absolute Gasteiger partial charge is 0.388 e. The van der Waals surface area contributed by atoms with Crippen LogP contribution < -0.4 is 4.74 Å². The van der Waals surface area contributed by atoms with Gasteiger partial charge in [0.2, 0.25) is 5.88 Å². The lowest BCUT2D eigenvalue weighted by molar-refractivity contribution is -0.125. The molecule has 8 heteroatoms. The van der Waals surface area contributed by atoms with Crippen molar-refractivity contribution in [2.24, 2.45) is 10.8 Å². The van der Waals surface area contributed by atoms with E-state index in [1.807, 2.05) is 19.9 Å². The number of hydrogen-bond donors (Lipinski definition) is 0. The van der Waals surface area contributed by atoms with Crippen molar-refractivity contribution in [2.45, 2.75) is 33.3 Å². The second kappa shape index (κ2) is 6.72. The Morgan fingerprint density at radius 2 is 2.15 bits per heavy atom. The van der Waals surface area contributed by atoms with E-state index in [0.29, 0.717) is 25.9 Å². The third-order valence-electron chi connectivity index (χ3n) is 5.09. The molecule has 1 atom stereocenters. The standard InChI is InChI=1S/C19H19F2N3O3/c1-18(2)10-19(7-13(8-22)15(18)25)5-6-24(11-19)16(26)12-3-4-14(23-9-12)27-17(20)21/h3-4,7,9,17H,5-6,10-11H2,1-2H3/t19-/m1/s1. The van der Waals surface area contributed by atoms with E-state index in [4.69, 9.17) is 0 Å². The highest BCUT2D eigenvalue weighted by molar-refractivity contribution is 6.03. The summed E-state index contributed by atoms with van der Waals surface area (Å²) < 4.78 is 28.6. The molecule has 1 aromatic rings. The number of pyridine rings is 1. The van der Waals surface area contributed by atoms with Crippen LogP contribution in [0.3, 0.4) is 0 Å². The highest BCUT2D eigenvalue weighted by Crippen LogP contribution is 2.48. The Morgan fingerprint density at radius 3 is 2.74 bits per heavy atom. The molecule has 1 saturated heterocycles. The van der Waals surface area contributed by atoms with Crippen LogP contribution in [0.15, 0.2) is 30.0 Å². The van der Waals surface area contributed by atoms with Gasteiger partial charge in [0, 0.05) is 36.2 Å². The van der Waals surface area contributed by atoms with Gasteiger partial charge in [-0.05, 0) is 18.9 Å². The van der Waals surface area contributed by atoms with Gasteiger partial charge >= 0.3 is 6.61 Å². The number of ketones is 1. The third kappa shape index (κ3) is 3.68. The van der Waals surface area contributed by atoms with E-state index in [9.17, 15) is 23.6 Å². The van der Waals surface area contributed by atoms with Crippen molar-refractivity contribution in [3.63, 3.8) is 0 Å². The SMILES string of the molecule is CC1(C)C[C@]2(C=C(C#N)C1=O)CCN(C(=O)c1ccc(OC(F)F)nc1)C2. The van der Waals surface area contributed by atoms with Gasteiger partial charge in [0.25, 0.3) is 5.91 Å². The Morgan fingerprint density at radius 1 is 1.41 bits per heavy atom. The maximum Gasteiger partial charge on any atom is 0.388 e. The number of ether oxygens (including phenoxy) is 1. The van der Waals surface area contributed by atoms with E-state index < -0.39 is 17.4 Å². The van der Waals surface area contributed by atoms with E-state index in [-0.39, 0.29) is 28.7 Å². The summed E-state index contributed by atoms with van der Waals surface area (Å²) in [5.74, 6) is -0.697. The van der Waals surface area contributed by atoms with Gasteiger partial charge in [0.1, 0.15) is 6.07 Å². The van der Waals surface area contributed by atoms with E-state index in [0.717, 1.165) is 0 Å². The highest BCUT2D eigenvalue weighted by atomic mass is 19.3. The lowest BCUT2D eigenvalue weighted by Crippen LogP contribution is -2.40. The molecule has 0 aromatic carbocycles. The van der Waals surface area contributed by atoms with E-state index >= 15 is 0 Å². The largest absolute Gasteiger partial charge is 0.417 e. The number of alkyl halides is 2. The summed E-state index contributed by atoms with van der Waals surface area (Å²) >= 11 is 0. The second-order valence-corrected chi connectivity index (χ2v) is 7.66. The Balaban J connectivity index is 1.77. The van der Waals surface area contributed by atoms with Gasteiger partial charge in [-0.3, -0.25) is 9.59 Å². The molecule has 3 rings (SSSR count). The number of Topliss-reactive ketones (excluding diaryl/α,β-unsaturated/α-hetero) is 1. The van der Waals surface area contributed by atoms with Crippen molar-refractivity contribution in [1.82, 2.24) is 9.88 Å². The van der Waals surface area contributed by atoms with Gasteiger partial charge in [-0.1, -0.05) is 19.9 Å². The van der Waals surface area contributed by atoms with E-state index in [1.165, 1.54) is 18.3 Å². The minimum atomic E-state index is -2.98. The summed E-state index contributed by atoms with van der Waals surface area (Å²) in [6, 6.07) is 4.60. The van der Waals surface area contributed by atoms with Crippen molar-refractivity contribution in [2.75, 3.05) is 13.1 Å². The maximum absolute atomic E-state index is 12.7. The van der Waals surface area contributed by atoms with Gasteiger partial charge < -0.3 is 9.64 Å². The molecule has 0 N–H and O–H groups in total. The second-order valence-electron chi connectivity index (χ2n) is 7.66. The average Bonchev–Trinajstić information content (AvgIpc) is 3.00. The molecule has 1 fully saturated rings. The first-order valence-corrected chi connectivity index (χ1v) is 8.54. The topological polar surface area (TPSA) is 83.3 Å². The van der Waals surface area contributed by atoms with Crippen molar-refractivity contribution < 1.29 is 23.1 Å². The Hall–Kier alpha value is -2.82. The first-order chi connectivity index (χ1) is 12.7. The van der Waals surface area contributed by atoms with Crippen LogP contribution >= 0.6 is 0 Å². The predicted octanol–water partition coefficient (Wildman–Crippen LogP) is 2.96. The number of aromatic nitrogens is 1. The van der Waals surface area contributed by atoms with Crippen LogP contribution in [0, 0.1) is 22.2 Å². The van der Waals surface area contributed by atoms with Gasteiger partial charge in [0.15, 0.2) is 5.78 Å². The number of amides is 1. The molecule has 142 valence electrons. The fourth-order valence-electron chi connectivity index (χ4n) is 4.01. The van der Waals surface area contributed by atoms with Crippen LogP contribution in [0.4, 0.5) is 8.78 Å². The fraction of sp³-hybridized carbons (Fsp3) is 0.474. The summed E-state index contributed by atoms with van der Waals surface area (Å²) in [4.78, 5) is 30.4. The minimum absolute atomic E-state index is 0.149. The molecule has 2 aliphatic rings. The zero-order valence-electron chi connectivity index (χ0n) is 15.0.